The van der Waals surface area contributed by atoms with E-state index in [0.29, 0.717) is 17.9 Å². The van der Waals surface area contributed by atoms with E-state index in [9.17, 15) is 14.4 Å². The number of imidazole rings is 2. The molecule has 284 valence electrons. The van der Waals surface area contributed by atoms with E-state index in [4.69, 9.17) is 19.7 Å². The minimum Gasteiger partial charge on any atom is -0.453 e. The van der Waals surface area contributed by atoms with Crippen molar-refractivity contribution in [3.8, 4) is 33.8 Å². The van der Waals surface area contributed by atoms with Gasteiger partial charge in [0.05, 0.1) is 54.6 Å². The zero-order valence-electron chi connectivity index (χ0n) is 31.4. The Kier molecular flexibility index (Phi) is 10.4. The van der Waals surface area contributed by atoms with Crippen LogP contribution in [0.1, 0.15) is 79.4 Å². The lowest BCUT2D eigenvalue weighted by molar-refractivity contribution is -0.135. The van der Waals surface area contributed by atoms with Crippen LogP contribution in [0, 0.1) is 0 Å². The quantitative estimate of drug-likeness (QED) is 0.130. The predicted molar refractivity (Wildman–Crippen MR) is 212 cm³/mol. The Morgan fingerprint density at radius 3 is 1.77 bits per heavy atom. The molecule has 0 unspecified atom stereocenters. The van der Waals surface area contributed by atoms with E-state index in [1.807, 2.05) is 121 Å². The first-order valence-corrected chi connectivity index (χ1v) is 19.1. The average molecular weight is 749 g/mol. The fourth-order valence-electron chi connectivity index (χ4n) is 7.89. The number of rotatable bonds is 10. The molecule has 3 amide bonds. The molecule has 0 aliphatic carbocycles. The SMILES string of the molecule is COC(=O)N[C@@H](C(=O)N1CCC[C@H]1c1ncc(-c2ccc(-c3ccc(-c4cnc([C@@H]5CCCN5C(=O)[C@H](C)c5ccccc5)[nH]4)cn3)cc2)[nH]1)c1ccccc1. The Balaban J connectivity index is 0.925. The molecule has 2 fully saturated rings. The van der Waals surface area contributed by atoms with Crippen LogP contribution in [-0.2, 0) is 14.3 Å². The van der Waals surface area contributed by atoms with Crippen LogP contribution in [0.5, 0.6) is 0 Å². The molecule has 2 aliphatic heterocycles. The number of nitrogens with zero attached hydrogens (tertiary/aromatic N) is 5. The first kappa shape index (κ1) is 36.4. The van der Waals surface area contributed by atoms with Crippen molar-refractivity contribution in [1.29, 1.82) is 0 Å². The number of H-pyrrole nitrogens is 2. The molecule has 4 atom stereocenters. The topological polar surface area (TPSA) is 149 Å². The van der Waals surface area contributed by atoms with Crippen LogP contribution >= 0.6 is 0 Å². The summed E-state index contributed by atoms with van der Waals surface area (Å²) in [4.78, 5) is 64.4. The molecule has 8 rings (SSSR count). The maximum atomic E-state index is 13.9. The number of hydrogen-bond acceptors (Lipinski definition) is 7. The van der Waals surface area contributed by atoms with Gasteiger partial charge in [-0.2, -0.15) is 0 Å². The zero-order valence-corrected chi connectivity index (χ0v) is 31.4. The van der Waals surface area contributed by atoms with Gasteiger partial charge in [0.25, 0.3) is 5.91 Å². The summed E-state index contributed by atoms with van der Waals surface area (Å²) in [5.41, 5.74) is 7.08. The highest BCUT2D eigenvalue weighted by atomic mass is 16.5. The third kappa shape index (κ3) is 7.42. The second kappa shape index (κ2) is 16.0. The van der Waals surface area contributed by atoms with Crippen LogP contribution in [-0.4, -0.2) is 72.8 Å². The molecule has 0 saturated carbocycles. The van der Waals surface area contributed by atoms with E-state index in [-0.39, 0.29) is 29.8 Å². The molecule has 6 aromatic rings. The van der Waals surface area contributed by atoms with Crippen molar-refractivity contribution < 1.29 is 19.1 Å². The molecule has 3 aromatic carbocycles. The molecule has 56 heavy (non-hydrogen) atoms. The number of benzene rings is 3. The molecule has 2 saturated heterocycles. The molecular formula is C44H44N8O4. The van der Waals surface area contributed by atoms with Gasteiger partial charge in [0.2, 0.25) is 5.91 Å². The van der Waals surface area contributed by atoms with Crippen molar-refractivity contribution in [2.45, 2.75) is 56.7 Å². The van der Waals surface area contributed by atoms with Gasteiger partial charge in [-0.15, -0.1) is 0 Å². The van der Waals surface area contributed by atoms with Gasteiger partial charge in [-0.25, -0.2) is 14.8 Å². The van der Waals surface area contributed by atoms with E-state index in [1.165, 1.54) is 7.11 Å². The molecule has 0 radical (unpaired) electrons. The van der Waals surface area contributed by atoms with Crippen molar-refractivity contribution in [3.63, 3.8) is 0 Å². The Morgan fingerprint density at radius 2 is 1.20 bits per heavy atom. The molecule has 0 spiro atoms. The summed E-state index contributed by atoms with van der Waals surface area (Å²) in [7, 11) is 1.28. The Morgan fingerprint density at radius 1 is 0.661 bits per heavy atom. The van der Waals surface area contributed by atoms with Crippen LogP contribution in [0.4, 0.5) is 4.79 Å². The first-order valence-electron chi connectivity index (χ1n) is 19.1. The van der Waals surface area contributed by atoms with Crippen LogP contribution in [0.2, 0.25) is 0 Å². The molecule has 2 aliphatic rings. The summed E-state index contributed by atoms with van der Waals surface area (Å²) in [6.07, 6.45) is 8.18. The highest BCUT2D eigenvalue weighted by Crippen LogP contribution is 2.36. The second-order valence-electron chi connectivity index (χ2n) is 14.4. The van der Waals surface area contributed by atoms with Crippen LogP contribution in [0.15, 0.2) is 116 Å². The molecule has 5 heterocycles. The standard InChI is InChI=1S/C44H44N8O4/c1-28(29-11-5-3-6-12-29)42(53)51-23-9-15-37(51)40-47-27-36(49-40)33-21-22-34(45-25-33)30-17-19-31(20-18-30)35-26-46-41(48-35)38-16-10-24-52(38)43(54)39(50-44(55)56-2)32-13-7-4-8-14-32/h3-8,11-14,17-22,25-28,37-39H,9-10,15-16,23-24H2,1-2H3,(H,46,48)(H,47,49)(H,50,55)/t28-,37+,38+,39-/m1/s1. The average Bonchev–Trinajstić information content (AvgIpc) is 4.10. The fourth-order valence-corrected chi connectivity index (χ4v) is 7.89. The number of likely N-dealkylation sites (tertiary alicyclic amines) is 2. The number of alkyl carbamates (subject to hydrolysis) is 1. The van der Waals surface area contributed by atoms with Crippen molar-refractivity contribution >= 4 is 17.9 Å². The zero-order chi connectivity index (χ0) is 38.6. The van der Waals surface area contributed by atoms with E-state index in [2.05, 4.69) is 15.3 Å². The van der Waals surface area contributed by atoms with Crippen LogP contribution in [0.3, 0.4) is 0 Å². The number of methoxy groups -OCH3 is 1. The first-order chi connectivity index (χ1) is 27.4. The summed E-state index contributed by atoms with van der Waals surface area (Å²) in [5.74, 6) is 1.20. The number of nitrogens with one attached hydrogen (secondary N) is 3. The Labute approximate surface area is 325 Å². The van der Waals surface area contributed by atoms with Crippen molar-refractivity contribution in [2.24, 2.45) is 0 Å². The van der Waals surface area contributed by atoms with Gasteiger partial charge in [0.15, 0.2) is 0 Å². The molecular weight excluding hydrogens is 705 g/mol. The summed E-state index contributed by atoms with van der Waals surface area (Å²) in [5, 5.41) is 2.71. The lowest BCUT2D eigenvalue weighted by atomic mass is 9.99. The normalized spacial score (nSPS) is 17.8. The van der Waals surface area contributed by atoms with Gasteiger partial charge in [-0.05, 0) is 61.4 Å². The summed E-state index contributed by atoms with van der Waals surface area (Å²) in [6.45, 7) is 3.25. The van der Waals surface area contributed by atoms with Crippen LogP contribution in [0.25, 0.3) is 33.8 Å². The lowest BCUT2D eigenvalue weighted by Gasteiger charge is -2.28. The number of pyridine rings is 1. The lowest BCUT2D eigenvalue weighted by Crippen LogP contribution is -2.42. The monoisotopic (exact) mass is 748 g/mol. The van der Waals surface area contributed by atoms with Crippen molar-refractivity contribution in [1.82, 2.24) is 40.0 Å². The molecule has 3 aromatic heterocycles. The number of carbonyl (C=O) groups excluding carboxylic acids is 3. The third-order valence-electron chi connectivity index (χ3n) is 11.0. The fraction of sp³-hybridized carbons (Fsp3) is 0.273. The molecule has 0 bridgehead atoms. The van der Waals surface area contributed by atoms with E-state index >= 15 is 0 Å². The number of amides is 3. The van der Waals surface area contributed by atoms with E-state index < -0.39 is 12.1 Å². The maximum absolute atomic E-state index is 13.9. The maximum Gasteiger partial charge on any atom is 0.407 e. The van der Waals surface area contributed by atoms with E-state index in [1.54, 1.807) is 11.1 Å². The predicted octanol–water partition coefficient (Wildman–Crippen LogP) is 7.76. The number of ether oxygens (including phenoxy) is 1. The smallest absolute Gasteiger partial charge is 0.407 e. The second-order valence-corrected chi connectivity index (χ2v) is 14.4. The number of hydrogen-bond donors (Lipinski definition) is 3. The number of aromatic nitrogens is 5. The number of carbonyl (C=O) groups is 3. The van der Waals surface area contributed by atoms with Gasteiger partial charge < -0.3 is 29.8 Å². The molecule has 3 N–H and O–H groups in total. The van der Waals surface area contributed by atoms with Gasteiger partial charge in [-0.3, -0.25) is 14.6 Å². The summed E-state index contributed by atoms with van der Waals surface area (Å²) in [6, 6.07) is 30.0. The minimum absolute atomic E-state index is 0.0824. The van der Waals surface area contributed by atoms with Crippen molar-refractivity contribution in [2.75, 3.05) is 20.2 Å². The van der Waals surface area contributed by atoms with Gasteiger partial charge in [0, 0.05) is 30.4 Å². The number of aromatic amines is 2. The third-order valence-corrected chi connectivity index (χ3v) is 11.0. The molecule has 12 heteroatoms. The largest absolute Gasteiger partial charge is 0.453 e. The van der Waals surface area contributed by atoms with Gasteiger partial charge in [0.1, 0.15) is 17.7 Å². The van der Waals surface area contributed by atoms with Gasteiger partial charge in [-0.1, -0.05) is 84.9 Å². The summed E-state index contributed by atoms with van der Waals surface area (Å²) >= 11 is 0. The minimum atomic E-state index is -0.875. The highest BCUT2D eigenvalue weighted by Gasteiger charge is 2.37. The Bertz CT molecular complexity index is 2290. The van der Waals surface area contributed by atoms with E-state index in [0.717, 1.165) is 77.4 Å². The highest BCUT2D eigenvalue weighted by molar-refractivity contribution is 5.87. The summed E-state index contributed by atoms with van der Waals surface area (Å²) < 4.78 is 4.82. The Hall–Kier alpha value is -6.56. The van der Waals surface area contributed by atoms with Gasteiger partial charge >= 0.3 is 6.09 Å². The van der Waals surface area contributed by atoms with Crippen LogP contribution < -0.4 is 5.32 Å². The van der Waals surface area contributed by atoms with Crippen molar-refractivity contribution in [3.05, 3.63) is 138 Å². The molecule has 12 nitrogen and oxygen atoms in total.